The number of hydrogen-bond acceptors (Lipinski definition) is 7. The van der Waals surface area contributed by atoms with Gasteiger partial charge >= 0.3 is 11.9 Å². The molecule has 2 aromatic carbocycles. The van der Waals surface area contributed by atoms with Gasteiger partial charge in [0.2, 0.25) is 0 Å². The number of fused-ring (bicyclic) bond motifs is 1. The summed E-state index contributed by atoms with van der Waals surface area (Å²) in [6.45, 7) is 8.42. The highest BCUT2D eigenvalue weighted by Gasteiger charge is 2.26. The van der Waals surface area contributed by atoms with Gasteiger partial charge in [0.15, 0.2) is 0 Å². The lowest BCUT2D eigenvalue weighted by atomic mass is 9.89. The Hall–Kier alpha value is -3.89. The lowest BCUT2D eigenvalue weighted by Gasteiger charge is -2.32. The second kappa shape index (κ2) is 15.2. The Kier molecular flexibility index (Phi) is 10.9. The summed E-state index contributed by atoms with van der Waals surface area (Å²) >= 11 is 5.42. The van der Waals surface area contributed by atoms with Crippen LogP contribution in [0.25, 0.3) is 16.6 Å². The molecule has 0 unspecified atom stereocenters. The summed E-state index contributed by atoms with van der Waals surface area (Å²) in [4.78, 5) is 36.4. The third kappa shape index (κ3) is 7.78. The van der Waals surface area contributed by atoms with Crippen LogP contribution in [0.3, 0.4) is 0 Å². The van der Waals surface area contributed by atoms with Crippen molar-refractivity contribution in [3.63, 3.8) is 0 Å². The lowest BCUT2D eigenvalue weighted by molar-refractivity contribution is -0.272. The quantitative estimate of drug-likeness (QED) is 0.169. The molecule has 5 rings (SSSR count). The zero-order chi connectivity index (χ0) is 30.9. The summed E-state index contributed by atoms with van der Waals surface area (Å²) < 4.78 is 8.46. The minimum atomic E-state index is -0.758. The van der Waals surface area contributed by atoms with E-state index in [-0.39, 0.29) is 5.11 Å². The first-order valence-electron chi connectivity index (χ1n) is 15.8. The van der Waals surface area contributed by atoms with Crippen molar-refractivity contribution in [3.8, 4) is 11.4 Å². The second-order valence-electron chi connectivity index (χ2n) is 11.4. The number of aromatic nitrogens is 1. The Balaban J connectivity index is 1.43. The molecule has 0 bridgehead atoms. The number of carbonyl (C=O) groups excluding carboxylic acids is 2. The SMILES string of the molecule is CCCCCCN1CCC(c2cn(-c3ccccc3OCCCC)c3ccc(NC(=S)N4OC(=O)C=CC(=O)O4)cc23)CC1. The Morgan fingerprint density at radius 3 is 2.41 bits per heavy atom. The highest BCUT2D eigenvalue weighted by Crippen LogP contribution is 2.38. The van der Waals surface area contributed by atoms with E-state index in [4.69, 9.17) is 26.6 Å². The molecule has 0 saturated carbocycles. The van der Waals surface area contributed by atoms with Crippen LogP contribution in [-0.2, 0) is 19.3 Å². The van der Waals surface area contributed by atoms with Crippen LogP contribution in [0, 0.1) is 0 Å². The molecule has 44 heavy (non-hydrogen) atoms. The van der Waals surface area contributed by atoms with Gasteiger partial charge in [0.1, 0.15) is 5.75 Å². The van der Waals surface area contributed by atoms with Gasteiger partial charge in [-0.3, -0.25) is 9.68 Å². The monoisotopic (exact) mass is 618 g/mol. The van der Waals surface area contributed by atoms with Gasteiger partial charge < -0.3 is 19.5 Å². The summed E-state index contributed by atoms with van der Waals surface area (Å²) in [7, 11) is 0. The van der Waals surface area contributed by atoms with Gasteiger partial charge in [-0.2, -0.15) is 0 Å². The Bertz CT molecular complexity index is 1470. The number of thiocarbonyl (C=S) groups is 1. The lowest BCUT2D eigenvalue weighted by Crippen LogP contribution is -2.36. The highest BCUT2D eigenvalue weighted by atomic mass is 32.1. The van der Waals surface area contributed by atoms with Crippen LogP contribution in [0.2, 0.25) is 0 Å². The molecule has 0 amide bonds. The molecule has 2 aliphatic rings. The van der Waals surface area contributed by atoms with Crippen LogP contribution < -0.4 is 10.1 Å². The fraction of sp³-hybridized carbons (Fsp3) is 0.441. The van der Waals surface area contributed by atoms with Gasteiger partial charge in [0, 0.05) is 34.6 Å². The molecule has 0 radical (unpaired) electrons. The number of unbranched alkanes of at least 4 members (excludes halogenated alkanes) is 4. The molecule has 10 heteroatoms. The summed E-state index contributed by atoms with van der Waals surface area (Å²) in [6.07, 6.45) is 13.6. The molecular formula is C34H42N4O5S. The molecule has 0 aliphatic carbocycles. The average Bonchev–Trinajstić information content (AvgIpc) is 3.31. The predicted molar refractivity (Wildman–Crippen MR) is 176 cm³/mol. The first-order valence-corrected chi connectivity index (χ1v) is 16.2. The maximum Gasteiger partial charge on any atom is 0.360 e. The van der Waals surface area contributed by atoms with Gasteiger partial charge in [-0.1, -0.05) is 51.7 Å². The van der Waals surface area contributed by atoms with Crippen LogP contribution >= 0.6 is 12.2 Å². The molecule has 1 aromatic heterocycles. The number of hydrogen-bond donors (Lipinski definition) is 1. The van der Waals surface area contributed by atoms with Crippen LogP contribution in [0.4, 0.5) is 5.69 Å². The number of para-hydroxylation sites is 2. The van der Waals surface area contributed by atoms with E-state index < -0.39 is 11.9 Å². The van der Waals surface area contributed by atoms with Crippen molar-refractivity contribution in [2.75, 3.05) is 31.6 Å². The van der Waals surface area contributed by atoms with Crippen molar-refractivity contribution in [3.05, 3.63) is 66.4 Å². The molecule has 234 valence electrons. The number of piperidine rings is 1. The van der Waals surface area contributed by atoms with Crippen molar-refractivity contribution in [2.24, 2.45) is 0 Å². The van der Waals surface area contributed by atoms with E-state index in [0.29, 0.717) is 23.4 Å². The van der Waals surface area contributed by atoms with Crippen LogP contribution in [-0.4, -0.2) is 58.0 Å². The standard InChI is InChI=1S/C34H42N4O5S/c1-3-5-7-10-19-36-20-17-25(18-21-36)28-24-37(30-11-8-9-12-31(30)41-22-6-4-2)29-14-13-26(23-27(28)29)35-34(44)38-42-32(39)15-16-33(40)43-38/h8-9,11-16,23-25H,3-7,10,17-22H2,1-2H3,(H,35,44). The fourth-order valence-electron chi connectivity index (χ4n) is 5.82. The molecule has 3 aromatic rings. The number of nitrogens with zero attached hydrogens (tertiary/aromatic N) is 3. The van der Waals surface area contributed by atoms with E-state index in [2.05, 4.69) is 53.0 Å². The van der Waals surface area contributed by atoms with Crippen molar-refractivity contribution in [1.29, 1.82) is 0 Å². The molecule has 1 N–H and O–H groups in total. The zero-order valence-corrected chi connectivity index (χ0v) is 26.4. The fourth-order valence-corrected chi connectivity index (χ4v) is 6.02. The number of anilines is 1. The highest BCUT2D eigenvalue weighted by molar-refractivity contribution is 7.80. The summed E-state index contributed by atoms with van der Waals surface area (Å²) in [6, 6.07) is 14.2. The van der Waals surface area contributed by atoms with Gasteiger partial charge in [-0.05, 0) is 99.3 Å². The van der Waals surface area contributed by atoms with E-state index in [0.717, 1.165) is 73.3 Å². The molecule has 0 spiro atoms. The minimum absolute atomic E-state index is 0.0678. The third-order valence-corrected chi connectivity index (χ3v) is 8.44. The Morgan fingerprint density at radius 1 is 0.955 bits per heavy atom. The molecule has 0 atom stereocenters. The number of rotatable bonds is 12. The Labute approximate surface area is 264 Å². The normalized spacial score (nSPS) is 16.1. The Morgan fingerprint density at radius 2 is 1.68 bits per heavy atom. The van der Waals surface area contributed by atoms with E-state index in [9.17, 15) is 9.59 Å². The first-order chi connectivity index (χ1) is 21.5. The predicted octanol–water partition coefficient (Wildman–Crippen LogP) is 7.05. The number of likely N-dealkylation sites (tertiary alicyclic amines) is 1. The maximum atomic E-state index is 11.9. The molecule has 9 nitrogen and oxygen atoms in total. The molecule has 1 saturated heterocycles. The zero-order valence-electron chi connectivity index (χ0n) is 25.6. The van der Waals surface area contributed by atoms with Gasteiger partial charge in [-0.15, -0.1) is 0 Å². The summed E-state index contributed by atoms with van der Waals surface area (Å²) in [5.74, 6) is -0.259. The number of hydroxylamine groups is 2. The largest absolute Gasteiger partial charge is 0.491 e. The van der Waals surface area contributed by atoms with Crippen molar-refractivity contribution >= 4 is 45.9 Å². The van der Waals surface area contributed by atoms with E-state index in [1.807, 2.05) is 24.3 Å². The summed E-state index contributed by atoms with van der Waals surface area (Å²) in [5, 5.41) is 4.74. The maximum absolute atomic E-state index is 11.9. The first kappa shape index (κ1) is 31.5. The second-order valence-corrected chi connectivity index (χ2v) is 11.8. The van der Waals surface area contributed by atoms with Crippen LogP contribution in [0.5, 0.6) is 5.75 Å². The molecule has 3 heterocycles. The smallest absolute Gasteiger partial charge is 0.360 e. The topological polar surface area (TPSA) is 85.3 Å². The van der Waals surface area contributed by atoms with E-state index >= 15 is 0 Å². The van der Waals surface area contributed by atoms with Crippen molar-refractivity contribution < 1.29 is 24.0 Å². The summed E-state index contributed by atoms with van der Waals surface area (Å²) in [5.41, 5.74) is 4.02. The van der Waals surface area contributed by atoms with E-state index in [1.54, 1.807) is 0 Å². The number of carbonyl (C=O) groups is 2. The number of ether oxygens (including phenoxy) is 1. The van der Waals surface area contributed by atoms with Crippen molar-refractivity contribution in [1.82, 2.24) is 14.7 Å². The van der Waals surface area contributed by atoms with Crippen molar-refractivity contribution in [2.45, 2.75) is 71.1 Å². The van der Waals surface area contributed by atoms with Gasteiger partial charge in [-0.25, -0.2) is 9.59 Å². The molecule has 2 aliphatic heterocycles. The number of nitrogens with one attached hydrogen (secondary N) is 1. The third-order valence-electron chi connectivity index (χ3n) is 8.19. The number of benzene rings is 2. The van der Waals surface area contributed by atoms with E-state index in [1.165, 1.54) is 37.8 Å². The average molecular weight is 619 g/mol. The molecule has 1 fully saturated rings. The molecular weight excluding hydrogens is 576 g/mol. The van der Waals surface area contributed by atoms with Crippen LogP contribution in [0.15, 0.2) is 60.8 Å². The van der Waals surface area contributed by atoms with Gasteiger partial charge in [0.25, 0.3) is 5.11 Å². The minimum Gasteiger partial charge on any atom is -0.491 e. The van der Waals surface area contributed by atoms with Gasteiger partial charge in [0.05, 0.1) is 17.8 Å². The van der Waals surface area contributed by atoms with Crippen LogP contribution in [0.1, 0.15) is 76.7 Å².